The number of hydrogen-bond acceptors (Lipinski definition) is 2. The van der Waals surface area contributed by atoms with E-state index >= 15 is 0 Å². The number of aryl methyl sites for hydroxylation is 1. The Bertz CT molecular complexity index is 662. The second-order valence-electron chi connectivity index (χ2n) is 5.31. The highest BCUT2D eigenvalue weighted by molar-refractivity contribution is 5.90. The summed E-state index contributed by atoms with van der Waals surface area (Å²) in [6.45, 7) is 5.80. The van der Waals surface area contributed by atoms with Crippen LogP contribution in [-0.4, -0.2) is 20.9 Å². The Labute approximate surface area is 123 Å². The molecule has 0 radical (unpaired) electrons. The van der Waals surface area contributed by atoms with Gasteiger partial charge in [0.15, 0.2) is 0 Å². The molecular weight excluding hydrogens is 271 g/mol. The maximum atomic E-state index is 13.4. The molecule has 5 heteroatoms. The van der Waals surface area contributed by atoms with Crippen LogP contribution in [0.4, 0.5) is 4.39 Å². The second kappa shape index (κ2) is 6.08. The number of carboxylic acid groups (broad SMARTS) is 1. The summed E-state index contributed by atoms with van der Waals surface area (Å²) in [5.74, 6) is -1.38. The van der Waals surface area contributed by atoms with Gasteiger partial charge in [-0.3, -0.25) is 0 Å². The molecule has 0 spiro atoms. The lowest BCUT2D eigenvalue weighted by molar-refractivity contribution is 0.0694. The van der Waals surface area contributed by atoms with E-state index in [1.807, 2.05) is 20.8 Å². The maximum absolute atomic E-state index is 13.4. The van der Waals surface area contributed by atoms with Gasteiger partial charge in [0.1, 0.15) is 11.4 Å². The average molecular weight is 290 g/mol. The highest BCUT2D eigenvalue weighted by Crippen LogP contribution is 2.27. The van der Waals surface area contributed by atoms with Crippen molar-refractivity contribution in [1.82, 2.24) is 9.78 Å². The van der Waals surface area contributed by atoms with Crippen LogP contribution in [0.25, 0.3) is 5.69 Å². The van der Waals surface area contributed by atoms with E-state index in [9.17, 15) is 14.3 Å². The van der Waals surface area contributed by atoms with E-state index in [-0.39, 0.29) is 17.3 Å². The van der Waals surface area contributed by atoms with Crippen molar-refractivity contribution in [3.05, 3.63) is 47.0 Å². The van der Waals surface area contributed by atoms with E-state index in [4.69, 9.17) is 0 Å². The average Bonchev–Trinajstić information content (AvgIpc) is 2.79. The van der Waals surface area contributed by atoms with Crippen molar-refractivity contribution in [3.8, 4) is 5.69 Å². The van der Waals surface area contributed by atoms with Crippen LogP contribution >= 0.6 is 0 Å². The number of aromatic carboxylic acids is 1. The van der Waals surface area contributed by atoms with Crippen molar-refractivity contribution in [2.24, 2.45) is 0 Å². The van der Waals surface area contributed by atoms with Crippen LogP contribution in [0.1, 0.15) is 54.9 Å². The first-order chi connectivity index (χ1) is 9.95. The molecule has 0 aliphatic carbocycles. The van der Waals surface area contributed by atoms with Gasteiger partial charge in [0.05, 0.1) is 17.1 Å². The normalized spacial score (nSPS) is 11.1. The zero-order valence-corrected chi connectivity index (χ0v) is 12.4. The van der Waals surface area contributed by atoms with Crippen LogP contribution < -0.4 is 0 Å². The summed E-state index contributed by atoms with van der Waals surface area (Å²) in [5, 5.41) is 13.9. The van der Waals surface area contributed by atoms with E-state index in [0.29, 0.717) is 23.5 Å². The van der Waals surface area contributed by atoms with Gasteiger partial charge in [-0.25, -0.2) is 13.9 Å². The number of carboxylic acids is 1. The lowest BCUT2D eigenvalue weighted by atomic mass is 10.0. The summed E-state index contributed by atoms with van der Waals surface area (Å²) < 4.78 is 15.0. The predicted molar refractivity (Wildman–Crippen MR) is 78.6 cm³/mol. The predicted octanol–water partition coefficient (Wildman–Crippen LogP) is 3.79. The summed E-state index contributed by atoms with van der Waals surface area (Å²) in [7, 11) is 0. The van der Waals surface area contributed by atoms with Gasteiger partial charge in [0, 0.05) is 0 Å². The Balaban J connectivity index is 2.70. The monoisotopic (exact) mass is 290 g/mol. The van der Waals surface area contributed by atoms with Crippen molar-refractivity contribution in [2.45, 2.75) is 39.5 Å². The topological polar surface area (TPSA) is 55.1 Å². The van der Waals surface area contributed by atoms with Gasteiger partial charge in [0.2, 0.25) is 0 Å². The van der Waals surface area contributed by atoms with Crippen LogP contribution in [0.3, 0.4) is 0 Å². The third-order valence-electron chi connectivity index (χ3n) is 3.29. The number of nitrogens with zero attached hydrogens (tertiary/aromatic N) is 2. The molecule has 112 valence electrons. The third kappa shape index (κ3) is 2.96. The Morgan fingerprint density at radius 3 is 2.67 bits per heavy atom. The fourth-order valence-corrected chi connectivity index (χ4v) is 2.46. The SMILES string of the molecule is CCCc1nn(-c2cccc(F)c2)c(C(C)C)c1C(=O)O. The molecule has 1 heterocycles. The standard InChI is InChI=1S/C16H19FN2O2/c1-4-6-13-14(16(20)21)15(10(2)3)19(18-13)12-8-5-7-11(17)9-12/h5,7-10H,4,6H2,1-3H3,(H,20,21). The molecule has 21 heavy (non-hydrogen) atoms. The minimum atomic E-state index is -0.982. The molecule has 0 aliphatic rings. The zero-order chi connectivity index (χ0) is 15.6. The first kappa shape index (κ1) is 15.2. The van der Waals surface area contributed by atoms with E-state index in [1.54, 1.807) is 16.8 Å². The first-order valence-electron chi connectivity index (χ1n) is 7.06. The van der Waals surface area contributed by atoms with E-state index < -0.39 is 5.97 Å². The number of rotatable bonds is 5. The van der Waals surface area contributed by atoms with Crippen LogP contribution in [-0.2, 0) is 6.42 Å². The lowest BCUT2D eigenvalue weighted by Gasteiger charge is -2.11. The molecule has 1 aromatic carbocycles. The smallest absolute Gasteiger partial charge is 0.339 e. The molecule has 0 saturated carbocycles. The quantitative estimate of drug-likeness (QED) is 0.911. The fourth-order valence-electron chi connectivity index (χ4n) is 2.46. The lowest BCUT2D eigenvalue weighted by Crippen LogP contribution is -2.08. The van der Waals surface area contributed by atoms with Crippen molar-refractivity contribution in [3.63, 3.8) is 0 Å². The van der Waals surface area contributed by atoms with Crippen LogP contribution in [0.2, 0.25) is 0 Å². The molecule has 0 fully saturated rings. The molecular formula is C16H19FN2O2. The number of aromatic nitrogens is 2. The highest BCUT2D eigenvalue weighted by Gasteiger charge is 2.25. The molecule has 0 bridgehead atoms. The Morgan fingerprint density at radius 1 is 1.43 bits per heavy atom. The van der Waals surface area contributed by atoms with Crippen molar-refractivity contribution in [1.29, 1.82) is 0 Å². The van der Waals surface area contributed by atoms with Gasteiger partial charge >= 0.3 is 5.97 Å². The summed E-state index contributed by atoms with van der Waals surface area (Å²) in [4.78, 5) is 11.6. The van der Waals surface area contributed by atoms with Crippen LogP contribution in [0.15, 0.2) is 24.3 Å². The van der Waals surface area contributed by atoms with Gasteiger partial charge in [-0.1, -0.05) is 33.3 Å². The maximum Gasteiger partial charge on any atom is 0.339 e. The Morgan fingerprint density at radius 2 is 2.14 bits per heavy atom. The van der Waals surface area contributed by atoms with Crippen LogP contribution in [0, 0.1) is 5.82 Å². The molecule has 4 nitrogen and oxygen atoms in total. The van der Waals surface area contributed by atoms with Gasteiger partial charge < -0.3 is 5.11 Å². The molecule has 0 atom stereocenters. The van der Waals surface area contributed by atoms with E-state index in [1.165, 1.54) is 12.1 Å². The summed E-state index contributed by atoms with van der Waals surface area (Å²) >= 11 is 0. The molecule has 1 N–H and O–H groups in total. The number of benzene rings is 1. The van der Waals surface area contributed by atoms with Crippen molar-refractivity contribution in [2.75, 3.05) is 0 Å². The van der Waals surface area contributed by atoms with Crippen molar-refractivity contribution >= 4 is 5.97 Å². The van der Waals surface area contributed by atoms with Crippen molar-refractivity contribution < 1.29 is 14.3 Å². The Kier molecular flexibility index (Phi) is 4.40. The summed E-state index contributed by atoms with van der Waals surface area (Å²) in [6, 6.07) is 6.03. The van der Waals surface area contributed by atoms with E-state index in [2.05, 4.69) is 5.10 Å². The second-order valence-corrected chi connectivity index (χ2v) is 5.31. The molecule has 0 unspecified atom stereocenters. The molecule has 1 aromatic heterocycles. The fraction of sp³-hybridized carbons (Fsp3) is 0.375. The molecule has 0 amide bonds. The zero-order valence-electron chi connectivity index (χ0n) is 12.4. The molecule has 2 rings (SSSR count). The number of hydrogen-bond donors (Lipinski definition) is 1. The number of carbonyl (C=O) groups is 1. The third-order valence-corrected chi connectivity index (χ3v) is 3.29. The van der Waals surface area contributed by atoms with Gasteiger partial charge in [-0.05, 0) is 30.5 Å². The summed E-state index contributed by atoms with van der Waals surface area (Å²) in [5.41, 5.74) is 1.95. The van der Waals surface area contributed by atoms with Gasteiger partial charge in [-0.15, -0.1) is 0 Å². The molecule has 0 aliphatic heterocycles. The largest absolute Gasteiger partial charge is 0.478 e. The van der Waals surface area contributed by atoms with Crippen LogP contribution in [0.5, 0.6) is 0 Å². The summed E-state index contributed by atoms with van der Waals surface area (Å²) in [6.07, 6.45) is 1.39. The highest BCUT2D eigenvalue weighted by atomic mass is 19.1. The van der Waals surface area contributed by atoms with Gasteiger partial charge in [-0.2, -0.15) is 5.10 Å². The Hall–Kier alpha value is -2.17. The minimum Gasteiger partial charge on any atom is -0.478 e. The first-order valence-corrected chi connectivity index (χ1v) is 7.06. The molecule has 0 saturated heterocycles. The molecule has 2 aromatic rings. The number of halogens is 1. The van der Waals surface area contributed by atoms with E-state index in [0.717, 1.165) is 6.42 Å². The van der Waals surface area contributed by atoms with Gasteiger partial charge in [0.25, 0.3) is 0 Å². The minimum absolute atomic E-state index is 0.0301.